The summed E-state index contributed by atoms with van der Waals surface area (Å²) in [5, 5.41) is 4.55. The van der Waals surface area contributed by atoms with Crippen LogP contribution in [0.25, 0.3) is 0 Å². The van der Waals surface area contributed by atoms with E-state index in [1.807, 2.05) is 6.21 Å². The Balaban J connectivity index is 3.36. The van der Waals surface area contributed by atoms with Crippen LogP contribution < -0.4 is 5.43 Å². The average Bonchev–Trinajstić information content (AvgIpc) is 1.87. The molecule has 0 aliphatic rings. The van der Waals surface area contributed by atoms with Crippen LogP contribution in [0.2, 0.25) is 0 Å². The Morgan fingerprint density at radius 3 is 2.40 bits per heavy atom. The summed E-state index contributed by atoms with van der Waals surface area (Å²) in [7, 11) is 0. The van der Waals surface area contributed by atoms with E-state index in [0.29, 0.717) is 11.3 Å². The van der Waals surface area contributed by atoms with Crippen molar-refractivity contribution in [1.82, 2.24) is 5.43 Å². The van der Waals surface area contributed by atoms with Gasteiger partial charge in [0.25, 0.3) is 0 Å². The highest BCUT2D eigenvalue weighted by Gasteiger charge is 1.91. The zero-order chi connectivity index (χ0) is 7.98. The van der Waals surface area contributed by atoms with Crippen molar-refractivity contribution in [2.24, 2.45) is 5.10 Å². The lowest BCUT2D eigenvalue weighted by Gasteiger charge is -2.03. The number of nitrogens with one attached hydrogen (secondary N) is 1. The number of hydrogen-bond acceptors (Lipinski definition) is 3. The van der Waals surface area contributed by atoms with Gasteiger partial charge in [0.2, 0.25) is 0 Å². The van der Waals surface area contributed by atoms with Gasteiger partial charge in [0.1, 0.15) is 0 Å². The van der Waals surface area contributed by atoms with E-state index in [1.165, 1.54) is 0 Å². The zero-order valence-corrected chi connectivity index (χ0v) is 7.90. The number of thioether (sulfide) groups is 1. The zero-order valence-electron chi connectivity index (χ0n) is 7.09. The van der Waals surface area contributed by atoms with Gasteiger partial charge in [-0.1, -0.05) is 0 Å². The van der Waals surface area contributed by atoms with Crippen LogP contribution in [-0.2, 0) is 0 Å². The summed E-state index contributed by atoms with van der Waals surface area (Å²) in [4.78, 5) is 0. The Bertz CT molecular complexity index is 102. The molecule has 60 valence electrons. The summed E-state index contributed by atoms with van der Waals surface area (Å²) in [6.45, 7) is 6.26. The monoisotopic (exact) mass is 160 g/mol. The molecule has 0 aliphatic heterocycles. The molecule has 1 atom stereocenters. The SMILES string of the molecule is CSC(C)/C=N/NC(C)C. The van der Waals surface area contributed by atoms with Crippen LogP contribution in [0.5, 0.6) is 0 Å². The van der Waals surface area contributed by atoms with Gasteiger partial charge in [0.05, 0.1) is 0 Å². The lowest BCUT2D eigenvalue weighted by Crippen LogP contribution is -2.17. The second-order valence-electron chi connectivity index (χ2n) is 2.50. The van der Waals surface area contributed by atoms with Crippen LogP contribution >= 0.6 is 11.8 Å². The highest BCUT2D eigenvalue weighted by atomic mass is 32.2. The van der Waals surface area contributed by atoms with Gasteiger partial charge in [0, 0.05) is 17.5 Å². The number of hydrogen-bond donors (Lipinski definition) is 1. The van der Waals surface area contributed by atoms with Gasteiger partial charge >= 0.3 is 0 Å². The van der Waals surface area contributed by atoms with E-state index in [9.17, 15) is 0 Å². The fourth-order valence-electron chi connectivity index (χ4n) is 0.358. The molecule has 1 unspecified atom stereocenters. The number of nitrogens with zero attached hydrogens (tertiary/aromatic N) is 1. The third-order valence-corrected chi connectivity index (χ3v) is 1.85. The molecule has 0 aromatic heterocycles. The predicted molar refractivity (Wildman–Crippen MR) is 49.7 cm³/mol. The van der Waals surface area contributed by atoms with Crippen LogP contribution in [0.15, 0.2) is 5.10 Å². The molecule has 0 radical (unpaired) electrons. The normalized spacial score (nSPS) is 14.5. The Hall–Kier alpha value is -0.180. The molecule has 0 aromatic rings. The molecule has 2 nitrogen and oxygen atoms in total. The van der Waals surface area contributed by atoms with Crippen molar-refractivity contribution in [1.29, 1.82) is 0 Å². The Morgan fingerprint density at radius 1 is 1.40 bits per heavy atom. The minimum atomic E-state index is 0.435. The van der Waals surface area contributed by atoms with E-state index < -0.39 is 0 Å². The van der Waals surface area contributed by atoms with Crippen molar-refractivity contribution in [3.8, 4) is 0 Å². The van der Waals surface area contributed by atoms with Gasteiger partial charge in [-0.2, -0.15) is 16.9 Å². The van der Waals surface area contributed by atoms with E-state index in [-0.39, 0.29) is 0 Å². The van der Waals surface area contributed by atoms with Gasteiger partial charge in [-0.25, -0.2) is 0 Å². The Morgan fingerprint density at radius 2 is 2.00 bits per heavy atom. The van der Waals surface area contributed by atoms with Crippen LogP contribution in [0.4, 0.5) is 0 Å². The first-order valence-electron chi connectivity index (χ1n) is 3.48. The topological polar surface area (TPSA) is 24.4 Å². The number of hydrazone groups is 1. The maximum Gasteiger partial charge on any atom is 0.0387 e. The van der Waals surface area contributed by atoms with Crippen molar-refractivity contribution in [3.05, 3.63) is 0 Å². The summed E-state index contributed by atoms with van der Waals surface area (Å²) in [5.41, 5.74) is 2.97. The standard InChI is InChI=1S/C7H16N2S/c1-6(2)9-8-5-7(3)10-4/h5-7,9H,1-4H3/b8-5+. The third-order valence-electron chi connectivity index (χ3n) is 0.989. The Kier molecular flexibility index (Phi) is 5.49. The van der Waals surface area contributed by atoms with E-state index >= 15 is 0 Å². The summed E-state index contributed by atoms with van der Waals surface area (Å²) in [6, 6.07) is 0.435. The van der Waals surface area contributed by atoms with E-state index in [0.717, 1.165) is 0 Å². The summed E-state index contributed by atoms with van der Waals surface area (Å²) in [6.07, 6.45) is 4.00. The molecule has 0 saturated carbocycles. The molecule has 0 spiro atoms. The van der Waals surface area contributed by atoms with Crippen molar-refractivity contribution < 1.29 is 0 Å². The molecular weight excluding hydrogens is 144 g/mol. The van der Waals surface area contributed by atoms with Crippen LogP contribution in [-0.4, -0.2) is 23.8 Å². The number of rotatable bonds is 4. The quantitative estimate of drug-likeness (QED) is 0.500. The molecule has 0 heterocycles. The summed E-state index contributed by atoms with van der Waals surface area (Å²) in [5.74, 6) is 0. The minimum absolute atomic E-state index is 0.435. The molecule has 10 heavy (non-hydrogen) atoms. The van der Waals surface area contributed by atoms with E-state index in [4.69, 9.17) is 0 Å². The second kappa shape index (κ2) is 5.59. The molecule has 0 amide bonds. The fraction of sp³-hybridized carbons (Fsp3) is 0.857. The van der Waals surface area contributed by atoms with Crippen molar-refractivity contribution in [2.75, 3.05) is 6.26 Å². The lowest BCUT2D eigenvalue weighted by atomic mass is 10.4. The highest BCUT2D eigenvalue weighted by Crippen LogP contribution is 2.00. The molecule has 3 heteroatoms. The summed E-state index contributed by atoms with van der Waals surface area (Å²) < 4.78 is 0. The van der Waals surface area contributed by atoms with Crippen molar-refractivity contribution in [3.63, 3.8) is 0 Å². The van der Waals surface area contributed by atoms with Crippen LogP contribution in [0.3, 0.4) is 0 Å². The molecule has 0 saturated heterocycles. The first-order valence-corrected chi connectivity index (χ1v) is 4.77. The fourth-order valence-corrected chi connectivity index (χ4v) is 0.541. The lowest BCUT2D eigenvalue weighted by molar-refractivity contribution is 0.622. The van der Waals surface area contributed by atoms with Gasteiger partial charge in [-0.05, 0) is 27.0 Å². The van der Waals surface area contributed by atoms with Crippen molar-refractivity contribution >= 4 is 18.0 Å². The van der Waals surface area contributed by atoms with Gasteiger partial charge < -0.3 is 5.43 Å². The highest BCUT2D eigenvalue weighted by molar-refractivity contribution is 7.99. The van der Waals surface area contributed by atoms with E-state index in [2.05, 4.69) is 37.6 Å². The van der Waals surface area contributed by atoms with Crippen LogP contribution in [0.1, 0.15) is 20.8 Å². The van der Waals surface area contributed by atoms with Crippen molar-refractivity contribution in [2.45, 2.75) is 32.1 Å². The first-order chi connectivity index (χ1) is 4.66. The first kappa shape index (κ1) is 9.82. The molecule has 1 N–H and O–H groups in total. The average molecular weight is 160 g/mol. The smallest absolute Gasteiger partial charge is 0.0387 e. The largest absolute Gasteiger partial charge is 0.308 e. The minimum Gasteiger partial charge on any atom is -0.308 e. The third kappa shape index (κ3) is 5.95. The predicted octanol–water partition coefficient (Wildman–Crippen LogP) is 1.72. The maximum atomic E-state index is 4.05. The van der Waals surface area contributed by atoms with Gasteiger partial charge in [-0.15, -0.1) is 0 Å². The maximum absolute atomic E-state index is 4.05. The molecule has 0 bridgehead atoms. The van der Waals surface area contributed by atoms with Gasteiger partial charge in [0.15, 0.2) is 0 Å². The molecule has 0 rings (SSSR count). The van der Waals surface area contributed by atoms with Crippen LogP contribution in [0, 0.1) is 0 Å². The summed E-state index contributed by atoms with van der Waals surface area (Å²) >= 11 is 1.79. The van der Waals surface area contributed by atoms with E-state index in [1.54, 1.807) is 11.8 Å². The molecule has 0 aliphatic carbocycles. The molecule has 0 fully saturated rings. The molecule has 0 aromatic carbocycles. The Labute approximate surface area is 67.5 Å². The van der Waals surface area contributed by atoms with Gasteiger partial charge in [-0.3, -0.25) is 0 Å². The second-order valence-corrected chi connectivity index (χ2v) is 3.72. The molecular formula is C7H16N2S.